The summed E-state index contributed by atoms with van der Waals surface area (Å²) >= 11 is 0. The molecule has 0 aromatic rings. The lowest BCUT2D eigenvalue weighted by atomic mass is 9.74. The summed E-state index contributed by atoms with van der Waals surface area (Å²) < 4.78 is 11.2. The maximum atomic E-state index is 12.4. The number of fused-ring (bicyclic) bond motifs is 1. The van der Waals surface area contributed by atoms with Crippen molar-refractivity contribution in [3.05, 3.63) is 11.1 Å². The zero-order valence-corrected chi connectivity index (χ0v) is 12.6. The van der Waals surface area contributed by atoms with Crippen molar-refractivity contribution >= 4 is 11.8 Å². The average Bonchev–Trinajstić information content (AvgIpc) is 2.65. The monoisotopic (exact) mass is 312 g/mol. The number of aliphatic hydroxyl groups excluding tert-OH is 2. The van der Waals surface area contributed by atoms with Gasteiger partial charge in [-0.2, -0.15) is 0 Å². The van der Waals surface area contributed by atoms with Crippen LogP contribution in [-0.2, 0) is 19.1 Å². The Hall–Kier alpha value is -1.28. The summed E-state index contributed by atoms with van der Waals surface area (Å²) in [7, 11) is 0. The molecular formula is C15H20O7. The fourth-order valence-electron chi connectivity index (χ4n) is 3.74. The first kappa shape index (κ1) is 15.6. The quantitative estimate of drug-likeness (QED) is 0.563. The van der Waals surface area contributed by atoms with Gasteiger partial charge in [-0.15, -0.1) is 0 Å². The predicted molar refractivity (Wildman–Crippen MR) is 72.5 cm³/mol. The lowest BCUT2D eigenvalue weighted by molar-refractivity contribution is -0.283. The van der Waals surface area contributed by atoms with Crippen LogP contribution in [0.4, 0.5) is 0 Å². The fourth-order valence-corrected chi connectivity index (χ4v) is 3.74. The largest absolute Gasteiger partial charge is 0.425 e. The van der Waals surface area contributed by atoms with E-state index in [1.807, 2.05) is 0 Å². The fraction of sp³-hybridized carbons (Fsp3) is 0.733. The summed E-state index contributed by atoms with van der Waals surface area (Å²) in [6, 6.07) is 0. The van der Waals surface area contributed by atoms with Crippen molar-refractivity contribution in [1.82, 2.24) is 0 Å². The molecule has 3 aliphatic heterocycles. The van der Waals surface area contributed by atoms with Crippen LogP contribution < -0.4 is 0 Å². The minimum absolute atomic E-state index is 0.00873. The van der Waals surface area contributed by atoms with Crippen LogP contribution >= 0.6 is 0 Å². The van der Waals surface area contributed by atoms with Crippen LogP contribution in [0.3, 0.4) is 0 Å². The topological polar surface area (TPSA) is 113 Å². The standard InChI is InChI=1S/C15H20O7/c1-13(20)4-3-10(18)14(2)5-9(17)11-8(6-16)12(19)21-15(11,7-13)22-14/h9,16-17,20H,3-7H2,1-2H3/t9-,13-,14-,15+/m1/s1. The lowest BCUT2D eigenvalue weighted by Gasteiger charge is -2.49. The van der Waals surface area contributed by atoms with Crippen molar-refractivity contribution < 1.29 is 34.4 Å². The maximum absolute atomic E-state index is 12.4. The second-order valence-electron chi connectivity index (χ2n) is 6.84. The SMILES string of the molecule is C[C@@]1(O)CCC(=O)[C@@]2(C)C[C@@H](O)C3=C(CO)C(=O)O[C@@]3(C1)O2. The molecule has 3 heterocycles. The third-order valence-corrected chi connectivity index (χ3v) is 4.80. The molecule has 2 fully saturated rings. The Balaban J connectivity index is 2.17. The Bertz CT molecular complexity index is 578. The van der Waals surface area contributed by atoms with Gasteiger partial charge in [0.15, 0.2) is 5.78 Å². The lowest BCUT2D eigenvalue weighted by Crippen LogP contribution is -2.60. The number of aliphatic hydroxyl groups is 3. The van der Waals surface area contributed by atoms with Crippen molar-refractivity contribution in [3.63, 3.8) is 0 Å². The third kappa shape index (κ3) is 2.11. The van der Waals surface area contributed by atoms with E-state index >= 15 is 0 Å². The van der Waals surface area contributed by atoms with E-state index in [4.69, 9.17) is 9.47 Å². The molecule has 0 aromatic heterocycles. The van der Waals surface area contributed by atoms with Crippen LogP contribution in [0.15, 0.2) is 11.1 Å². The first-order chi connectivity index (χ1) is 10.1. The molecule has 0 amide bonds. The molecule has 7 heteroatoms. The third-order valence-electron chi connectivity index (χ3n) is 4.80. The summed E-state index contributed by atoms with van der Waals surface area (Å²) in [5, 5.41) is 30.3. The van der Waals surface area contributed by atoms with E-state index < -0.39 is 35.7 Å². The smallest absolute Gasteiger partial charge is 0.339 e. The second-order valence-corrected chi connectivity index (χ2v) is 6.84. The van der Waals surface area contributed by atoms with E-state index in [-0.39, 0.29) is 42.6 Å². The zero-order valence-electron chi connectivity index (χ0n) is 12.6. The van der Waals surface area contributed by atoms with Crippen LogP contribution in [0.2, 0.25) is 0 Å². The normalized spacial score (nSPS) is 45.2. The van der Waals surface area contributed by atoms with E-state index in [2.05, 4.69) is 0 Å². The summed E-state index contributed by atoms with van der Waals surface area (Å²) in [6.45, 7) is 2.50. The number of carbonyl (C=O) groups excluding carboxylic acids is 2. The van der Waals surface area contributed by atoms with Crippen molar-refractivity contribution in [1.29, 1.82) is 0 Å². The molecule has 0 aliphatic carbocycles. The van der Waals surface area contributed by atoms with E-state index in [1.54, 1.807) is 6.92 Å². The molecule has 0 radical (unpaired) electrons. The van der Waals surface area contributed by atoms with Gasteiger partial charge < -0.3 is 24.8 Å². The molecule has 3 N–H and O–H groups in total. The van der Waals surface area contributed by atoms with Gasteiger partial charge in [-0.1, -0.05) is 0 Å². The zero-order chi connectivity index (χ0) is 16.3. The molecule has 1 spiro atoms. The Morgan fingerprint density at radius 1 is 1.32 bits per heavy atom. The van der Waals surface area contributed by atoms with Crippen LogP contribution in [0.25, 0.3) is 0 Å². The second kappa shape index (κ2) is 4.61. The molecule has 3 aliphatic rings. The van der Waals surface area contributed by atoms with Gasteiger partial charge in [0, 0.05) is 24.8 Å². The van der Waals surface area contributed by atoms with Gasteiger partial charge in [0.05, 0.1) is 23.9 Å². The van der Waals surface area contributed by atoms with Gasteiger partial charge in [0.1, 0.15) is 5.60 Å². The van der Waals surface area contributed by atoms with Crippen molar-refractivity contribution in [2.75, 3.05) is 6.61 Å². The number of carbonyl (C=O) groups is 2. The molecule has 0 saturated carbocycles. The number of rotatable bonds is 1. The average molecular weight is 312 g/mol. The minimum Gasteiger partial charge on any atom is -0.425 e. The molecule has 3 rings (SSSR count). The van der Waals surface area contributed by atoms with Gasteiger partial charge in [-0.25, -0.2) is 4.79 Å². The first-order valence-corrected chi connectivity index (χ1v) is 7.34. The van der Waals surface area contributed by atoms with Crippen molar-refractivity contribution in [2.45, 2.75) is 62.6 Å². The number of hydrogen-bond acceptors (Lipinski definition) is 7. The first-order valence-electron chi connectivity index (χ1n) is 7.34. The molecule has 2 saturated heterocycles. The number of ether oxygens (including phenoxy) is 2. The Morgan fingerprint density at radius 2 is 2.00 bits per heavy atom. The van der Waals surface area contributed by atoms with Gasteiger partial charge in [-0.3, -0.25) is 4.79 Å². The Labute approximate surface area is 127 Å². The van der Waals surface area contributed by atoms with E-state index in [9.17, 15) is 24.9 Å². The molecule has 22 heavy (non-hydrogen) atoms. The highest BCUT2D eigenvalue weighted by atomic mass is 16.7. The molecule has 0 unspecified atom stereocenters. The van der Waals surface area contributed by atoms with Crippen LogP contribution in [-0.4, -0.2) is 56.8 Å². The summed E-state index contributed by atoms with van der Waals surface area (Å²) in [4.78, 5) is 24.4. The van der Waals surface area contributed by atoms with Crippen molar-refractivity contribution in [3.8, 4) is 0 Å². The van der Waals surface area contributed by atoms with Crippen LogP contribution in [0.1, 0.15) is 39.5 Å². The summed E-state index contributed by atoms with van der Waals surface area (Å²) in [5.74, 6) is -2.73. The molecule has 122 valence electrons. The number of esters is 1. The number of hydrogen-bond donors (Lipinski definition) is 3. The molecule has 4 atom stereocenters. The highest BCUT2D eigenvalue weighted by Crippen LogP contribution is 2.51. The van der Waals surface area contributed by atoms with Crippen LogP contribution in [0, 0.1) is 0 Å². The van der Waals surface area contributed by atoms with Crippen LogP contribution in [0.5, 0.6) is 0 Å². The molecule has 7 nitrogen and oxygen atoms in total. The number of Topliss-reactive ketones (excluding diaryl/α,β-unsaturated/α-hetero) is 1. The van der Waals surface area contributed by atoms with E-state index in [1.165, 1.54) is 6.92 Å². The Kier molecular flexibility index (Phi) is 3.27. The minimum atomic E-state index is -1.69. The van der Waals surface area contributed by atoms with Gasteiger partial charge in [-0.05, 0) is 20.3 Å². The maximum Gasteiger partial charge on any atom is 0.339 e. The summed E-state index contributed by atoms with van der Waals surface area (Å²) in [6.07, 6.45) is -0.922. The highest BCUT2D eigenvalue weighted by molar-refractivity contribution is 5.94. The van der Waals surface area contributed by atoms with Gasteiger partial charge in [0.2, 0.25) is 5.79 Å². The molecule has 2 bridgehead atoms. The van der Waals surface area contributed by atoms with Gasteiger partial charge >= 0.3 is 5.97 Å². The predicted octanol–water partition coefficient (Wildman–Crippen LogP) is -0.428. The number of ketones is 1. The summed E-state index contributed by atoms with van der Waals surface area (Å²) in [5.41, 5.74) is -2.51. The molecular weight excluding hydrogens is 292 g/mol. The van der Waals surface area contributed by atoms with E-state index in [0.29, 0.717) is 0 Å². The van der Waals surface area contributed by atoms with Crippen molar-refractivity contribution in [2.24, 2.45) is 0 Å². The van der Waals surface area contributed by atoms with E-state index in [0.717, 1.165) is 0 Å². The Morgan fingerprint density at radius 3 is 2.64 bits per heavy atom. The van der Waals surface area contributed by atoms with Gasteiger partial charge in [0.25, 0.3) is 0 Å². The molecule has 0 aromatic carbocycles. The highest BCUT2D eigenvalue weighted by Gasteiger charge is 2.63.